The summed E-state index contributed by atoms with van der Waals surface area (Å²) in [7, 11) is 0. The third-order valence-electron chi connectivity index (χ3n) is 6.58. The molecule has 5 rings (SSSR count). The van der Waals surface area contributed by atoms with Crippen LogP contribution in [0.1, 0.15) is 57.2 Å². The Balaban J connectivity index is 1.35. The van der Waals surface area contributed by atoms with E-state index in [0.717, 1.165) is 12.8 Å². The minimum atomic E-state index is -1.36. The summed E-state index contributed by atoms with van der Waals surface area (Å²) in [5.41, 5.74) is 0.774. The van der Waals surface area contributed by atoms with E-state index in [0.29, 0.717) is 66.7 Å². The molecule has 0 radical (unpaired) electrons. The number of esters is 1. The molecule has 0 fully saturated rings. The number of carbonyl (C=O) groups is 2. The van der Waals surface area contributed by atoms with E-state index in [1.807, 2.05) is 0 Å². The van der Waals surface area contributed by atoms with Crippen molar-refractivity contribution in [3.05, 3.63) is 82.4 Å². The average Bonchev–Trinajstić information content (AvgIpc) is 3.19. The molecule has 0 bridgehead atoms. The second-order valence-corrected chi connectivity index (χ2v) is 9.13. The Morgan fingerprint density at radius 2 is 1.50 bits per heavy atom. The monoisotopic (exact) mass is 519 g/mol. The number of nitrogens with one attached hydrogen (secondary N) is 1. The number of phenols is 2. The van der Waals surface area contributed by atoms with Crippen molar-refractivity contribution in [1.29, 1.82) is 0 Å². The van der Waals surface area contributed by atoms with Crippen molar-refractivity contribution < 1.29 is 38.7 Å². The lowest BCUT2D eigenvalue weighted by atomic mass is 9.77. The first-order valence-electron chi connectivity index (χ1n) is 12.6. The molecule has 0 atom stereocenters. The normalized spacial score (nSPS) is 14.3. The SMILES string of the molecule is CCCCOCCOCCNC(=O)c1ccc2c(c1)C(=O)OC21c2ccc(O)cc2Oc2cc(O)ccc21. The van der Waals surface area contributed by atoms with Crippen molar-refractivity contribution in [1.82, 2.24) is 5.32 Å². The fraction of sp³-hybridized carbons (Fsp3) is 0.310. The van der Waals surface area contributed by atoms with Crippen LogP contribution < -0.4 is 10.1 Å². The highest BCUT2D eigenvalue weighted by Crippen LogP contribution is 2.57. The Bertz CT molecular complexity index is 1320. The van der Waals surface area contributed by atoms with Crippen molar-refractivity contribution >= 4 is 11.9 Å². The summed E-state index contributed by atoms with van der Waals surface area (Å²) in [4.78, 5) is 25.9. The van der Waals surface area contributed by atoms with Gasteiger partial charge >= 0.3 is 5.97 Å². The van der Waals surface area contributed by atoms with Crippen LogP contribution in [0.25, 0.3) is 0 Å². The Labute approximate surface area is 219 Å². The van der Waals surface area contributed by atoms with Gasteiger partial charge in [-0.1, -0.05) is 19.4 Å². The zero-order chi connectivity index (χ0) is 26.7. The number of unbranched alkanes of at least 4 members (excludes halogenated alkanes) is 1. The van der Waals surface area contributed by atoms with Crippen LogP contribution in [0.3, 0.4) is 0 Å². The topological polar surface area (TPSA) is 124 Å². The quantitative estimate of drug-likeness (QED) is 0.269. The molecule has 9 heteroatoms. The Morgan fingerprint density at radius 3 is 2.16 bits per heavy atom. The van der Waals surface area contributed by atoms with E-state index in [1.165, 1.54) is 30.3 Å². The molecule has 1 amide bonds. The van der Waals surface area contributed by atoms with Crippen molar-refractivity contribution in [2.75, 3.05) is 33.0 Å². The maximum atomic E-state index is 13.2. The van der Waals surface area contributed by atoms with E-state index in [4.69, 9.17) is 18.9 Å². The lowest BCUT2D eigenvalue weighted by Gasteiger charge is -2.36. The number of rotatable bonds is 10. The number of hydrogen-bond donors (Lipinski definition) is 3. The average molecular weight is 520 g/mol. The second-order valence-electron chi connectivity index (χ2n) is 9.13. The van der Waals surface area contributed by atoms with Crippen LogP contribution >= 0.6 is 0 Å². The molecule has 2 aliphatic heterocycles. The van der Waals surface area contributed by atoms with Crippen molar-refractivity contribution in [2.24, 2.45) is 0 Å². The summed E-state index contributed by atoms with van der Waals surface area (Å²) in [6.45, 7) is 4.43. The second kappa shape index (κ2) is 10.7. The number of amides is 1. The van der Waals surface area contributed by atoms with Gasteiger partial charge in [0.25, 0.3) is 5.91 Å². The van der Waals surface area contributed by atoms with Crippen LogP contribution in [0.2, 0.25) is 0 Å². The Hall–Kier alpha value is -4.08. The molecule has 1 spiro atoms. The maximum Gasteiger partial charge on any atom is 0.340 e. The lowest BCUT2D eigenvalue weighted by molar-refractivity contribution is 0.0224. The zero-order valence-corrected chi connectivity index (χ0v) is 21.0. The number of hydrogen-bond acceptors (Lipinski definition) is 8. The fourth-order valence-electron chi connectivity index (χ4n) is 4.75. The molecule has 0 aromatic heterocycles. The molecule has 2 aliphatic rings. The standard InChI is InChI=1S/C29H29NO8/c1-2-3-11-35-13-14-36-12-10-30-27(33)18-4-7-22-21(15-18)28(34)38-29(22)23-8-5-19(31)16-25(23)37-26-17-20(32)6-9-24(26)29/h4-9,15-17,31-32H,2-3,10-14H2,1H3,(H,30,33). The molecule has 3 aromatic carbocycles. The third-order valence-corrected chi connectivity index (χ3v) is 6.58. The van der Waals surface area contributed by atoms with Crippen molar-refractivity contribution in [2.45, 2.75) is 25.4 Å². The molecule has 3 N–H and O–H groups in total. The highest BCUT2D eigenvalue weighted by molar-refractivity contribution is 6.01. The molecule has 0 saturated heterocycles. The molecule has 0 aliphatic carbocycles. The van der Waals surface area contributed by atoms with Crippen LogP contribution in [0, 0.1) is 0 Å². The van der Waals surface area contributed by atoms with Gasteiger partial charge in [-0.3, -0.25) is 4.79 Å². The molecule has 198 valence electrons. The van der Waals surface area contributed by atoms with Crippen LogP contribution in [0.4, 0.5) is 0 Å². The molecule has 38 heavy (non-hydrogen) atoms. The molecular weight excluding hydrogens is 490 g/mol. The van der Waals surface area contributed by atoms with Gasteiger partial charge in [0, 0.05) is 47.5 Å². The van der Waals surface area contributed by atoms with Gasteiger partial charge in [-0.15, -0.1) is 0 Å². The smallest absolute Gasteiger partial charge is 0.340 e. The Morgan fingerprint density at radius 1 is 0.868 bits per heavy atom. The zero-order valence-electron chi connectivity index (χ0n) is 21.0. The Kier molecular flexibility index (Phi) is 7.22. The first kappa shape index (κ1) is 25.6. The molecular formula is C29H29NO8. The van der Waals surface area contributed by atoms with Gasteiger partial charge in [-0.2, -0.15) is 0 Å². The van der Waals surface area contributed by atoms with Gasteiger partial charge in [0.2, 0.25) is 0 Å². The van der Waals surface area contributed by atoms with Crippen LogP contribution in [0.5, 0.6) is 23.0 Å². The van der Waals surface area contributed by atoms with Crippen LogP contribution in [0.15, 0.2) is 54.6 Å². The first-order valence-corrected chi connectivity index (χ1v) is 12.6. The summed E-state index contributed by atoms with van der Waals surface area (Å²) < 4.78 is 22.9. The van der Waals surface area contributed by atoms with E-state index >= 15 is 0 Å². The third kappa shape index (κ3) is 4.66. The maximum absolute atomic E-state index is 13.2. The molecule has 2 heterocycles. The summed E-state index contributed by atoms with van der Waals surface area (Å²) in [5, 5.41) is 22.9. The summed E-state index contributed by atoms with van der Waals surface area (Å²) in [6, 6.07) is 13.9. The van der Waals surface area contributed by atoms with Crippen LogP contribution in [-0.4, -0.2) is 55.1 Å². The van der Waals surface area contributed by atoms with E-state index in [2.05, 4.69) is 12.2 Å². The number of ether oxygens (including phenoxy) is 4. The predicted octanol–water partition coefficient (Wildman–Crippen LogP) is 4.23. The number of carbonyl (C=O) groups excluding carboxylic acids is 2. The van der Waals surface area contributed by atoms with Gasteiger partial charge < -0.3 is 34.5 Å². The number of fused-ring (bicyclic) bond motifs is 6. The number of phenolic OH excluding ortho intramolecular Hbond substituents is 2. The highest BCUT2D eigenvalue weighted by atomic mass is 16.6. The van der Waals surface area contributed by atoms with Crippen molar-refractivity contribution in [3.8, 4) is 23.0 Å². The van der Waals surface area contributed by atoms with E-state index < -0.39 is 11.6 Å². The predicted molar refractivity (Wildman–Crippen MR) is 137 cm³/mol. The molecule has 0 saturated carbocycles. The summed E-state index contributed by atoms with van der Waals surface area (Å²) in [5.74, 6) is -0.394. The molecule has 9 nitrogen and oxygen atoms in total. The van der Waals surface area contributed by atoms with Gasteiger partial charge in [-0.05, 0) is 42.8 Å². The summed E-state index contributed by atoms with van der Waals surface area (Å²) in [6.07, 6.45) is 2.10. The van der Waals surface area contributed by atoms with Gasteiger partial charge in [0.1, 0.15) is 23.0 Å². The summed E-state index contributed by atoms with van der Waals surface area (Å²) >= 11 is 0. The molecule has 3 aromatic rings. The van der Waals surface area contributed by atoms with Crippen LogP contribution in [-0.2, 0) is 19.8 Å². The van der Waals surface area contributed by atoms with E-state index in [9.17, 15) is 19.8 Å². The molecule has 0 unspecified atom stereocenters. The first-order chi connectivity index (χ1) is 18.4. The van der Waals surface area contributed by atoms with E-state index in [-0.39, 0.29) is 23.0 Å². The number of aromatic hydroxyl groups is 2. The van der Waals surface area contributed by atoms with E-state index in [1.54, 1.807) is 24.3 Å². The van der Waals surface area contributed by atoms with Gasteiger partial charge in [0.15, 0.2) is 5.60 Å². The van der Waals surface area contributed by atoms with Crippen molar-refractivity contribution in [3.63, 3.8) is 0 Å². The fourth-order valence-corrected chi connectivity index (χ4v) is 4.75. The number of benzene rings is 3. The highest BCUT2D eigenvalue weighted by Gasteiger charge is 2.53. The van der Waals surface area contributed by atoms with Gasteiger partial charge in [0.05, 0.1) is 25.4 Å². The largest absolute Gasteiger partial charge is 0.508 e. The minimum Gasteiger partial charge on any atom is -0.508 e. The minimum absolute atomic E-state index is 0.0212. The van der Waals surface area contributed by atoms with Gasteiger partial charge in [-0.25, -0.2) is 4.79 Å². The lowest BCUT2D eigenvalue weighted by Crippen LogP contribution is -2.33.